The van der Waals surface area contributed by atoms with Gasteiger partial charge in [0.2, 0.25) is 0 Å². The molecule has 0 aliphatic carbocycles. The molecule has 1 heterocycles. The first kappa shape index (κ1) is 49.2. The summed E-state index contributed by atoms with van der Waals surface area (Å²) >= 11 is 0. The lowest BCUT2D eigenvalue weighted by Crippen LogP contribution is -2.29. The van der Waals surface area contributed by atoms with E-state index in [1.165, 1.54) is 19.3 Å². The van der Waals surface area contributed by atoms with Gasteiger partial charge in [-0.3, -0.25) is 18.6 Å². The Bertz CT molecular complexity index is 1220. The van der Waals surface area contributed by atoms with Crippen molar-refractivity contribution in [1.29, 1.82) is 0 Å². The van der Waals surface area contributed by atoms with Crippen LogP contribution in [0.25, 0.3) is 0 Å². The molecule has 1 aliphatic rings. The van der Waals surface area contributed by atoms with Crippen molar-refractivity contribution in [3.8, 4) is 0 Å². The van der Waals surface area contributed by atoms with Crippen LogP contribution >= 0.6 is 7.82 Å². The average Bonchev–Trinajstić information content (AvgIpc) is 3.91. The average molecular weight is 776 g/mol. The third kappa shape index (κ3) is 31.5. The first-order valence-electron chi connectivity index (χ1n) is 20.2. The van der Waals surface area contributed by atoms with Crippen LogP contribution in [0.4, 0.5) is 0 Å². The summed E-state index contributed by atoms with van der Waals surface area (Å²) in [7, 11) is -4.41. The second-order valence-electron chi connectivity index (χ2n) is 13.2. The fraction of sp³-hybridized carbons (Fsp3) is 0.628. The molecule has 0 radical (unpaired) electrons. The van der Waals surface area contributed by atoms with E-state index in [0.717, 1.165) is 64.2 Å². The van der Waals surface area contributed by atoms with E-state index in [-0.39, 0.29) is 44.8 Å². The standard InChI is InChI=1S/C43H70NO9P/c1-3-5-7-9-11-13-14-15-16-17-18-20-22-24-29-33-42(45)49-37-39(38-51-54(47,48)50-36-35-44)52-43(46)34-30-26-25-28-32-41-40(53-41)31-27-23-21-19-12-10-8-6-4-2/h5,7,11-13,15-16,18-20,23,25,27-28,39-41H,3-4,6,8-10,14,17,21-22,24,26,29-38,44H2,1-2H3,(H,47,48)/b7-5-,13-11-,16-15-,19-12-,20-18-,27-23-,28-25-/t39-,40?,41?/m1/s1. The van der Waals surface area contributed by atoms with E-state index in [2.05, 4.69) is 92.8 Å². The molecule has 0 amide bonds. The van der Waals surface area contributed by atoms with Gasteiger partial charge in [-0.1, -0.05) is 112 Å². The molecule has 0 aromatic heterocycles. The van der Waals surface area contributed by atoms with Crippen LogP contribution in [0.1, 0.15) is 129 Å². The van der Waals surface area contributed by atoms with Crippen LogP contribution < -0.4 is 5.73 Å². The van der Waals surface area contributed by atoms with Crippen molar-refractivity contribution in [2.24, 2.45) is 5.73 Å². The Hall–Kier alpha value is -2.85. The molecule has 1 aliphatic heterocycles. The minimum Gasteiger partial charge on any atom is -0.462 e. The first-order valence-corrected chi connectivity index (χ1v) is 21.7. The van der Waals surface area contributed by atoms with Gasteiger partial charge in [0.15, 0.2) is 6.10 Å². The normalized spacial score (nSPS) is 18.0. The molecule has 10 nitrogen and oxygen atoms in total. The number of carbonyl (C=O) groups excluding carboxylic acids is 2. The number of phosphoric acid groups is 1. The smallest absolute Gasteiger partial charge is 0.462 e. The molecule has 0 spiro atoms. The number of phosphoric ester groups is 1. The van der Waals surface area contributed by atoms with Gasteiger partial charge in [-0.2, -0.15) is 0 Å². The van der Waals surface area contributed by atoms with Gasteiger partial charge in [0, 0.05) is 19.4 Å². The quantitative estimate of drug-likeness (QED) is 0.0210. The lowest BCUT2D eigenvalue weighted by Gasteiger charge is -2.19. The summed E-state index contributed by atoms with van der Waals surface area (Å²) in [5.74, 6) is -0.962. The molecule has 11 heteroatoms. The van der Waals surface area contributed by atoms with Crippen LogP contribution in [0.3, 0.4) is 0 Å². The van der Waals surface area contributed by atoms with E-state index in [1.807, 2.05) is 6.08 Å². The molecule has 0 aromatic carbocycles. The number of ether oxygens (including phenoxy) is 3. The third-order valence-corrected chi connectivity index (χ3v) is 9.15. The molecule has 54 heavy (non-hydrogen) atoms. The third-order valence-electron chi connectivity index (χ3n) is 8.17. The molecule has 0 saturated carbocycles. The molecule has 4 atom stereocenters. The Balaban J connectivity index is 2.30. The van der Waals surface area contributed by atoms with Gasteiger partial charge in [-0.15, -0.1) is 0 Å². The highest BCUT2D eigenvalue weighted by Gasteiger charge is 2.36. The van der Waals surface area contributed by atoms with E-state index in [0.29, 0.717) is 19.3 Å². The van der Waals surface area contributed by atoms with Crippen molar-refractivity contribution >= 4 is 19.8 Å². The van der Waals surface area contributed by atoms with Crippen molar-refractivity contribution in [1.82, 2.24) is 0 Å². The lowest BCUT2D eigenvalue weighted by molar-refractivity contribution is -0.161. The van der Waals surface area contributed by atoms with Crippen molar-refractivity contribution in [2.75, 3.05) is 26.4 Å². The number of esters is 2. The highest BCUT2D eigenvalue weighted by Crippen LogP contribution is 2.43. The van der Waals surface area contributed by atoms with E-state index in [1.54, 1.807) is 0 Å². The number of nitrogens with two attached hydrogens (primary N) is 1. The molecule has 1 fully saturated rings. The van der Waals surface area contributed by atoms with Crippen molar-refractivity contribution in [2.45, 2.75) is 148 Å². The topological polar surface area (TPSA) is 147 Å². The van der Waals surface area contributed by atoms with E-state index >= 15 is 0 Å². The Morgan fingerprint density at radius 3 is 1.80 bits per heavy atom. The molecule has 1 rings (SSSR count). The van der Waals surface area contributed by atoms with Crippen LogP contribution in [0, 0.1) is 0 Å². The number of hydrogen-bond donors (Lipinski definition) is 2. The second kappa shape index (κ2) is 34.6. The van der Waals surface area contributed by atoms with Crippen LogP contribution in [0.15, 0.2) is 85.1 Å². The SMILES string of the molecule is CC/C=C\C/C=C\C/C=C\C/C=C\CCCCC(=O)OC[C@H](COP(=O)(O)OCCN)OC(=O)CCC/C=C\CC1OC1C/C=C\C/C=C\CCCCC. The minimum atomic E-state index is -4.41. The molecule has 1 saturated heterocycles. The molecule has 0 aromatic rings. The van der Waals surface area contributed by atoms with Gasteiger partial charge in [-0.25, -0.2) is 4.57 Å². The minimum absolute atomic E-state index is 0.0314. The molecule has 3 N–H and O–H groups in total. The largest absolute Gasteiger partial charge is 0.472 e. The first-order chi connectivity index (χ1) is 26.3. The lowest BCUT2D eigenvalue weighted by atomic mass is 10.1. The monoisotopic (exact) mass is 775 g/mol. The summed E-state index contributed by atoms with van der Waals surface area (Å²) in [6, 6.07) is 0. The maximum Gasteiger partial charge on any atom is 0.472 e. The molecular formula is C43H70NO9P. The Morgan fingerprint density at radius 1 is 0.667 bits per heavy atom. The molecule has 0 bridgehead atoms. The fourth-order valence-electron chi connectivity index (χ4n) is 5.07. The molecule has 306 valence electrons. The van der Waals surface area contributed by atoms with Gasteiger partial charge in [0.05, 0.1) is 25.4 Å². The van der Waals surface area contributed by atoms with Gasteiger partial charge in [0.1, 0.15) is 6.61 Å². The maximum absolute atomic E-state index is 12.6. The molecule has 3 unspecified atom stereocenters. The van der Waals surface area contributed by atoms with Gasteiger partial charge in [-0.05, 0) is 89.9 Å². The van der Waals surface area contributed by atoms with Crippen LogP contribution in [-0.2, 0) is 37.4 Å². The Morgan fingerprint density at radius 2 is 1.19 bits per heavy atom. The zero-order valence-electron chi connectivity index (χ0n) is 33.1. The second-order valence-corrected chi connectivity index (χ2v) is 14.6. The van der Waals surface area contributed by atoms with Crippen LogP contribution in [-0.4, -0.2) is 61.5 Å². The number of unbranched alkanes of at least 4 members (excludes halogenated alkanes) is 6. The fourth-order valence-corrected chi connectivity index (χ4v) is 5.83. The van der Waals surface area contributed by atoms with Crippen molar-refractivity contribution in [3.63, 3.8) is 0 Å². The summed E-state index contributed by atoms with van der Waals surface area (Å²) < 4.78 is 38.4. The van der Waals surface area contributed by atoms with E-state index < -0.39 is 32.5 Å². The Labute approximate surface area is 326 Å². The zero-order valence-corrected chi connectivity index (χ0v) is 34.0. The molecular weight excluding hydrogens is 705 g/mol. The maximum atomic E-state index is 12.6. The summed E-state index contributed by atoms with van der Waals surface area (Å²) in [6.45, 7) is 3.42. The van der Waals surface area contributed by atoms with Gasteiger partial charge >= 0.3 is 19.8 Å². The highest BCUT2D eigenvalue weighted by atomic mass is 31.2. The summed E-state index contributed by atoms with van der Waals surface area (Å²) in [4.78, 5) is 34.8. The summed E-state index contributed by atoms with van der Waals surface area (Å²) in [5, 5.41) is 0. The van der Waals surface area contributed by atoms with Crippen molar-refractivity contribution < 1.29 is 42.3 Å². The van der Waals surface area contributed by atoms with E-state index in [9.17, 15) is 19.0 Å². The Kier molecular flexibility index (Phi) is 31.5. The predicted octanol–water partition coefficient (Wildman–Crippen LogP) is 10.3. The van der Waals surface area contributed by atoms with Crippen LogP contribution in [0.2, 0.25) is 0 Å². The summed E-state index contributed by atoms with van der Waals surface area (Å²) in [6.07, 6.45) is 45.0. The zero-order chi connectivity index (χ0) is 39.4. The number of hydrogen-bond acceptors (Lipinski definition) is 9. The number of allylic oxidation sites excluding steroid dienone is 12. The number of rotatable bonds is 35. The van der Waals surface area contributed by atoms with E-state index in [4.69, 9.17) is 29.0 Å². The number of epoxide rings is 1. The highest BCUT2D eigenvalue weighted by molar-refractivity contribution is 7.47. The number of carbonyl (C=O) groups is 2. The van der Waals surface area contributed by atoms with Gasteiger partial charge < -0.3 is 24.8 Å². The predicted molar refractivity (Wildman–Crippen MR) is 219 cm³/mol. The van der Waals surface area contributed by atoms with Gasteiger partial charge in [0.25, 0.3) is 0 Å². The van der Waals surface area contributed by atoms with Crippen LogP contribution in [0.5, 0.6) is 0 Å². The summed E-state index contributed by atoms with van der Waals surface area (Å²) in [5.41, 5.74) is 5.33. The van der Waals surface area contributed by atoms with Crippen molar-refractivity contribution in [3.05, 3.63) is 85.1 Å².